The monoisotopic (exact) mass is 318 g/mol. The van der Waals surface area contributed by atoms with Gasteiger partial charge in [-0.2, -0.15) is 5.10 Å². The van der Waals surface area contributed by atoms with Gasteiger partial charge >= 0.3 is 0 Å². The van der Waals surface area contributed by atoms with Crippen LogP contribution in [0.2, 0.25) is 0 Å². The average Bonchev–Trinajstić information content (AvgIpc) is 2.83. The quantitative estimate of drug-likeness (QED) is 0.651. The summed E-state index contributed by atoms with van der Waals surface area (Å²) in [6.45, 7) is 4.20. The first-order valence-electron chi connectivity index (χ1n) is 7.04. The molecule has 23 heavy (non-hydrogen) atoms. The zero-order valence-corrected chi connectivity index (χ0v) is 13.2. The molecule has 1 amide bonds. The summed E-state index contributed by atoms with van der Waals surface area (Å²) in [4.78, 5) is 22.6. The Morgan fingerprint density at radius 1 is 1.39 bits per heavy atom. The SMILES string of the molecule is COc1ccc(NC(=O)CCn2nc(C)cc2C)c([N+](=O)[O-])c1. The molecule has 0 fully saturated rings. The van der Waals surface area contributed by atoms with E-state index in [4.69, 9.17) is 4.74 Å². The molecule has 0 saturated heterocycles. The fraction of sp³-hybridized carbons (Fsp3) is 0.333. The number of carbonyl (C=O) groups is 1. The lowest BCUT2D eigenvalue weighted by molar-refractivity contribution is -0.384. The van der Waals surface area contributed by atoms with E-state index >= 15 is 0 Å². The summed E-state index contributed by atoms with van der Waals surface area (Å²) in [7, 11) is 1.42. The topological polar surface area (TPSA) is 99.3 Å². The second-order valence-corrected chi connectivity index (χ2v) is 5.09. The zero-order chi connectivity index (χ0) is 17.0. The largest absolute Gasteiger partial charge is 0.496 e. The van der Waals surface area contributed by atoms with Crippen molar-refractivity contribution in [2.75, 3.05) is 12.4 Å². The van der Waals surface area contributed by atoms with E-state index in [0.717, 1.165) is 11.4 Å². The standard InChI is InChI=1S/C15H18N4O4/c1-10-8-11(2)18(17-10)7-6-15(20)16-13-5-4-12(23-3)9-14(13)19(21)22/h4-5,8-9H,6-7H2,1-3H3,(H,16,20). The van der Waals surface area contributed by atoms with E-state index in [-0.39, 0.29) is 23.7 Å². The number of nitro groups is 1. The van der Waals surface area contributed by atoms with Crippen LogP contribution in [0.1, 0.15) is 17.8 Å². The number of hydrogen-bond acceptors (Lipinski definition) is 5. The maximum Gasteiger partial charge on any atom is 0.296 e. The van der Waals surface area contributed by atoms with Gasteiger partial charge in [-0.1, -0.05) is 0 Å². The Hall–Kier alpha value is -2.90. The van der Waals surface area contributed by atoms with Crippen molar-refractivity contribution in [3.8, 4) is 5.75 Å². The van der Waals surface area contributed by atoms with Gasteiger partial charge in [0.1, 0.15) is 11.4 Å². The number of methoxy groups -OCH3 is 1. The fourth-order valence-electron chi connectivity index (χ4n) is 2.22. The first-order valence-corrected chi connectivity index (χ1v) is 7.04. The summed E-state index contributed by atoms with van der Waals surface area (Å²) in [5, 5.41) is 17.9. The molecule has 2 aromatic rings. The van der Waals surface area contributed by atoms with Crippen LogP contribution in [0.25, 0.3) is 0 Å². The molecule has 1 aromatic heterocycles. The zero-order valence-electron chi connectivity index (χ0n) is 13.2. The van der Waals surface area contributed by atoms with Crippen molar-refractivity contribution >= 4 is 17.3 Å². The van der Waals surface area contributed by atoms with Crippen LogP contribution < -0.4 is 10.1 Å². The van der Waals surface area contributed by atoms with Crippen LogP contribution in [0, 0.1) is 24.0 Å². The summed E-state index contributed by atoms with van der Waals surface area (Å²) in [6, 6.07) is 6.21. The molecule has 0 saturated carbocycles. The predicted octanol–water partition coefficient (Wildman–Crippen LogP) is 2.45. The average molecular weight is 318 g/mol. The third-order valence-electron chi connectivity index (χ3n) is 3.33. The predicted molar refractivity (Wildman–Crippen MR) is 84.6 cm³/mol. The van der Waals surface area contributed by atoms with Crippen molar-refractivity contribution < 1.29 is 14.5 Å². The highest BCUT2D eigenvalue weighted by molar-refractivity contribution is 5.93. The Kier molecular flexibility index (Phi) is 4.95. The van der Waals surface area contributed by atoms with Crippen molar-refractivity contribution in [1.82, 2.24) is 9.78 Å². The molecule has 0 aliphatic rings. The summed E-state index contributed by atoms with van der Waals surface area (Å²) < 4.78 is 6.69. The molecule has 0 spiro atoms. The lowest BCUT2D eigenvalue weighted by atomic mass is 10.2. The number of nitrogens with one attached hydrogen (secondary N) is 1. The highest BCUT2D eigenvalue weighted by atomic mass is 16.6. The van der Waals surface area contributed by atoms with Crippen LogP contribution in [-0.4, -0.2) is 27.7 Å². The van der Waals surface area contributed by atoms with Gasteiger partial charge in [-0.3, -0.25) is 19.6 Å². The molecular formula is C15H18N4O4. The number of carbonyl (C=O) groups excluding carboxylic acids is 1. The number of aryl methyl sites for hydroxylation is 3. The number of rotatable bonds is 6. The molecule has 8 heteroatoms. The summed E-state index contributed by atoms with van der Waals surface area (Å²) in [5.41, 5.74) is 1.79. The molecule has 2 rings (SSSR count). The van der Waals surface area contributed by atoms with Gasteiger partial charge in [0.05, 0.1) is 23.8 Å². The maximum absolute atomic E-state index is 12.0. The Morgan fingerprint density at radius 2 is 2.13 bits per heavy atom. The van der Waals surface area contributed by atoms with Crippen molar-refractivity contribution in [2.24, 2.45) is 0 Å². The first kappa shape index (κ1) is 16.5. The van der Waals surface area contributed by atoms with E-state index in [1.807, 2.05) is 19.9 Å². The number of nitro benzene ring substituents is 1. The highest BCUT2D eigenvalue weighted by Gasteiger charge is 2.17. The Balaban J connectivity index is 2.05. The Bertz CT molecular complexity index is 739. The van der Waals surface area contributed by atoms with Gasteiger partial charge in [0.2, 0.25) is 5.91 Å². The number of ether oxygens (including phenoxy) is 1. The first-order chi connectivity index (χ1) is 10.9. The molecular weight excluding hydrogens is 300 g/mol. The number of benzene rings is 1. The Labute approximate surface area is 133 Å². The second-order valence-electron chi connectivity index (χ2n) is 5.09. The van der Waals surface area contributed by atoms with E-state index < -0.39 is 4.92 Å². The number of amides is 1. The maximum atomic E-state index is 12.0. The molecule has 122 valence electrons. The fourth-order valence-corrected chi connectivity index (χ4v) is 2.22. The third-order valence-corrected chi connectivity index (χ3v) is 3.33. The van der Waals surface area contributed by atoms with E-state index in [1.165, 1.54) is 19.2 Å². The number of anilines is 1. The molecule has 1 heterocycles. The van der Waals surface area contributed by atoms with Crippen LogP contribution in [0.5, 0.6) is 5.75 Å². The third kappa shape index (κ3) is 4.06. The molecule has 0 unspecified atom stereocenters. The van der Waals surface area contributed by atoms with Crippen LogP contribution in [0.15, 0.2) is 24.3 Å². The highest BCUT2D eigenvalue weighted by Crippen LogP contribution is 2.29. The van der Waals surface area contributed by atoms with Crippen LogP contribution >= 0.6 is 0 Å². The molecule has 0 aliphatic carbocycles. The van der Waals surface area contributed by atoms with Gasteiger partial charge in [-0.15, -0.1) is 0 Å². The van der Waals surface area contributed by atoms with Crippen molar-refractivity contribution in [1.29, 1.82) is 0 Å². The van der Waals surface area contributed by atoms with Gasteiger partial charge in [0.15, 0.2) is 0 Å². The molecule has 0 atom stereocenters. The molecule has 0 bridgehead atoms. The van der Waals surface area contributed by atoms with Gasteiger partial charge in [0, 0.05) is 18.7 Å². The molecule has 8 nitrogen and oxygen atoms in total. The molecule has 0 radical (unpaired) electrons. The second kappa shape index (κ2) is 6.91. The number of hydrogen-bond donors (Lipinski definition) is 1. The van der Waals surface area contributed by atoms with Gasteiger partial charge < -0.3 is 10.1 Å². The van der Waals surface area contributed by atoms with Crippen molar-refractivity contribution in [3.05, 3.63) is 45.8 Å². The van der Waals surface area contributed by atoms with Gasteiger partial charge in [-0.05, 0) is 32.0 Å². The Morgan fingerprint density at radius 3 is 2.70 bits per heavy atom. The van der Waals surface area contributed by atoms with E-state index in [1.54, 1.807) is 10.7 Å². The molecule has 1 aromatic carbocycles. The summed E-state index contributed by atoms with van der Waals surface area (Å²) in [6.07, 6.45) is 0.172. The minimum atomic E-state index is -0.556. The minimum absolute atomic E-state index is 0.147. The van der Waals surface area contributed by atoms with E-state index in [9.17, 15) is 14.9 Å². The molecule has 1 N–H and O–H groups in total. The van der Waals surface area contributed by atoms with Crippen LogP contribution in [0.4, 0.5) is 11.4 Å². The number of nitrogens with zero attached hydrogens (tertiary/aromatic N) is 3. The van der Waals surface area contributed by atoms with Crippen molar-refractivity contribution in [2.45, 2.75) is 26.8 Å². The molecule has 0 aliphatic heterocycles. The lowest BCUT2D eigenvalue weighted by Gasteiger charge is -2.08. The minimum Gasteiger partial charge on any atom is -0.496 e. The summed E-state index contributed by atoms with van der Waals surface area (Å²) in [5.74, 6) is 0.0446. The van der Waals surface area contributed by atoms with Crippen LogP contribution in [-0.2, 0) is 11.3 Å². The normalized spacial score (nSPS) is 10.4. The lowest BCUT2D eigenvalue weighted by Crippen LogP contribution is -2.16. The van der Waals surface area contributed by atoms with Gasteiger partial charge in [0.25, 0.3) is 5.69 Å². The van der Waals surface area contributed by atoms with Gasteiger partial charge in [-0.25, -0.2) is 0 Å². The van der Waals surface area contributed by atoms with Crippen LogP contribution in [0.3, 0.4) is 0 Å². The number of aromatic nitrogens is 2. The van der Waals surface area contributed by atoms with Crippen molar-refractivity contribution in [3.63, 3.8) is 0 Å². The summed E-state index contributed by atoms with van der Waals surface area (Å²) >= 11 is 0. The van der Waals surface area contributed by atoms with E-state index in [2.05, 4.69) is 10.4 Å². The van der Waals surface area contributed by atoms with E-state index in [0.29, 0.717) is 12.3 Å². The smallest absolute Gasteiger partial charge is 0.296 e.